The molecule has 1 aliphatic heterocycles. The van der Waals surface area contributed by atoms with Gasteiger partial charge in [0.1, 0.15) is 12.6 Å². The van der Waals surface area contributed by atoms with Crippen LogP contribution in [0.5, 0.6) is 0 Å². The lowest BCUT2D eigenvalue weighted by Gasteiger charge is -2.13. The normalized spacial score (nSPS) is 16.2. The Labute approximate surface area is 172 Å². The molecule has 1 atom stereocenters. The second-order valence-electron chi connectivity index (χ2n) is 6.45. The summed E-state index contributed by atoms with van der Waals surface area (Å²) < 4.78 is 0. The molecule has 1 saturated heterocycles. The van der Waals surface area contributed by atoms with E-state index in [1.54, 1.807) is 18.2 Å². The van der Waals surface area contributed by atoms with E-state index in [9.17, 15) is 14.4 Å². The zero-order chi connectivity index (χ0) is 20.1. The highest BCUT2D eigenvalue weighted by Crippen LogP contribution is 2.21. The minimum Gasteiger partial charge on any atom is -0.354 e. The van der Waals surface area contributed by atoms with Crippen molar-refractivity contribution in [3.05, 3.63) is 69.7 Å². The average molecular weight is 420 g/mol. The molecular weight excluding hydrogens is 401 g/mol. The fourth-order valence-corrected chi connectivity index (χ4v) is 3.48. The van der Waals surface area contributed by atoms with Gasteiger partial charge in [-0.2, -0.15) is 0 Å². The van der Waals surface area contributed by atoms with Crippen molar-refractivity contribution in [1.29, 1.82) is 0 Å². The van der Waals surface area contributed by atoms with Crippen LogP contribution in [-0.4, -0.2) is 41.9 Å². The Morgan fingerprint density at radius 2 is 1.86 bits per heavy atom. The standard InChI is InChI=1S/C20H19Cl2N3O3/c21-15-7-6-14(16(22)11-15)8-9-23-18(26)12-25-19(27)17(24-20(25)28)10-13-4-2-1-3-5-13/h1-7,11,17H,8-10,12H2,(H,23,26)(H,24,28)/t17-/m0/s1. The van der Waals surface area contributed by atoms with Gasteiger partial charge in [0.2, 0.25) is 5.91 Å². The number of benzene rings is 2. The highest BCUT2D eigenvalue weighted by atomic mass is 35.5. The average Bonchev–Trinajstić information content (AvgIpc) is 2.92. The Bertz CT molecular complexity index is 890. The molecule has 8 heteroatoms. The van der Waals surface area contributed by atoms with Crippen LogP contribution in [0.25, 0.3) is 0 Å². The van der Waals surface area contributed by atoms with Crippen molar-refractivity contribution < 1.29 is 14.4 Å². The number of hydrogen-bond donors (Lipinski definition) is 2. The zero-order valence-electron chi connectivity index (χ0n) is 15.0. The van der Waals surface area contributed by atoms with E-state index in [0.717, 1.165) is 16.0 Å². The molecule has 4 amide bonds. The van der Waals surface area contributed by atoms with Crippen LogP contribution >= 0.6 is 23.2 Å². The van der Waals surface area contributed by atoms with Crippen LogP contribution < -0.4 is 10.6 Å². The van der Waals surface area contributed by atoms with Crippen molar-refractivity contribution in [3.63, 3.8) is 0 Å². The van der Waals surface area contributed by atoms with E-state index in [-0.39, 0.29) is 6.54 Å². The molecular formula is C20H19Cl2N3O3. The third kappa shape index (κ3) is 5.03. The van der Waals surface area contributed by atoms with E-state index in [2.05, 4.69) is 10.6 Å². The number of nitrogens with one attached hydrogen (secondary N) is 2. The number of nitrogens with zero attached hydrogens (tertiary/aromatic N) is 1. The van der Waals surface area contributed by atoms with Crippen molar-refractivity contribution in [1.82, 2.24) is 15.5 Å². The minimum atomic E-state index is -0.657. The van der Waals surface area contributed by atoms with Gasteiger partial charge in [0.05, 0.1) is 0 Å². The number of hydrogen-bond acceptors (Lipinski definition) is 3. The number of amides is 4. The highest BCUT2D eigenvalue weighted by molar-refractivity contribution is 6.35. The van der Waals surface area contributed by atoms with Crippen molar-refractivity contribution in [2.24, 2.45) is 0 Å². The van der Waals surface area contributed by atoms with E-state index in [1.807, 2.05) is 30.3 Å². The number of urea groups is 1. The maximum absolute atomic E-state index is 12.5. The second kappa shape index (κ2) is 9.08. The van der Waals surface area contributed by atoms with Crippen LogP contribution in [0.1, 0.15) is 11.1 Å². The maximum Gasteiger partial charge on any atom is 0.325 e. The van der Waals surface area contributed by atoms with Gasteiger partial charge < -0.3 is 10.6 Å². The van der Waals surface area contributed by atoms with Gasteiger partial charge in [0.25, 0.3) is 5.91 Å². The first-order valence-corrected chi connectivity index (χ1v) is 9.56. The minimum absolute atomic E-state index is 0.315. The van der Waals surface area contributed by atoms with Crippen molar-refractivity contribution >= 4 is 41.0 Å². The molecule has 1 heterocycles. The monoisotopic (exact) mass is 419 g/mol. The largest absolute Gasteiger partial charge is 0.354 e. The second-order valence-corrected chi connectivity index (χ2v) is 7.30. The molecule has 3 rings (SSSR count). The van der Waals surface area contributed by atoms with Crippen LogP contribution in [-0.2, 0) is 22.4 Å². The summed E-state index contributed by atoms with van der Waals surface area (Å²) in [5.74, 6) is -0.807. The summed E-state index contributed by atoms with van der Waals surface area (Å²) in [6.45, 7) is 0.0155. The quantitative estimate of drug-likeness (QED) is 0.677. The van der Waals surface area contributed by atoms with Gasteiger partial charge in [0, 0.05) is 23.0 Å². The van der Waals surface area contributed by atoms with Gasteiger partial charge in [-0.3, -0.25) is 14.5 Å². The molecule has 0 unspecified atom stereocenters. The smallest absolute Gasteiger partial charge is 0.325 e. The summed E-state index contributed by atoms with van der Waals surface area (Å²) in [4.78, 5) is 37.6. The summed E-state index contributed by atoms with van der Waals surface area (Å²) in [5, 5.41) is 6.40. The third-order valence-corrected chi connectivity index (χ3v) is 5.01. The lowest BCUT2D eigenvalue weighted by atomic mass is 10.1. The zero-order valence-corrected chi connectivity index (χ0v) is 16.5. The van der Waals surface area contributed by atoms with Gasteiger partial charge in [0.15, 0.2) is 0 Å². The summed E-state index contributed by atoms with van der Waals surface area (Å²) in [6.07, 6.45) is 0.900. The van der Waals surface area contributed by atoms with Gasteiger partial charge in [-0.05, 0) is 29.7 Å². The predicted octanol–water partition coefficient (Wildman–Crippen LogP) is 2.82. The van der Waals surface area contributed by atoms with Crippen molar-refractivity contribution in [2.75, 3.05) is 13.1 Å². The Kier molecular flexibility index (Phi) is 6.54. The van der Waals surface area contributed by atoms with Gasteiger partial charge >= 0.3 is 6.03 Å². The number of halogens is 2. The van der Waals surface area contributed by atoms with Crippen LogP contribution in [0, 0.1) is 0 Å². The molecule has 0 spiro atoms. The molecule has 0 radical (unpaired) electrons. The number of rotatable bonds is 7. The molecule has 146 valence electrons. The van der Waals surface area contributed by atoms with E-state index in [4.69, 9.17) is 23.2 Å². The molecule has 0 saturated carbocycles. The molecule has 0 bridgehead atoms. The molecule has 0 aliphatic carbocycles. The summed E-state index contributed by atoms with van der Waals surface area (Å²) in [5.41, 5.74) is 1.79. The van der Waals surface area contributed by atoms with E-state index in [1.165, 1.54) is 0 Å². The molecule has 0 aromatic heterocycles. The highest BCUT2D eigenvalue weighted by Gasteiger charge is 2.38. The Morgan fingerprint density at radius 3 is 2.57 bits per heavy atom. The molecule has 2 N–H and O–H groups in total. The molecule has 1 aliphatic rings. The van der Waals surface area contributed by atoms with Crippen LogP contribution in [0.3, 0.4) is 0 Å². The Balaban J connectivity index is 1.49. The lowest BCUT2D eigenvalue weighted by molar-refractivity contribution is -0.132. The van der Waals surface area contributed by atoms with Gasteiger partial charge in [-0.15, -0.1) is 0 Å². The van der Waals surface area contributed by atoms with Crippen LogP contribution in [0.15, 0.2) is 48.5 Å². The van der Waals surface area contributed by atoms with Crippen molar-refractivity contribution in [2.45, 2.75) is 18.9 Å². The Morgan fingerprint density at radius 1 is 1.11 bits per heavy atom. The number of carbonyl (C=O) groups excluding carboxylic acids is 3. The third-order valence-electron chi connectivity index (χ3n) is 4.42. The molecule has 2 aromatic rings. The Hall–Kier alpha value is -2.57. The maximum atomic E-state index is 12.5. The molecule has 28 heavy (non-hydrogen) atoms. The van der Waals surface area contributed by atoms with Crippen LogP contribution in [0.4, 0.5) is 4.79 Å². The SMILES string of the molecule is O=C(CN1C(=O)N[C@@H](Cc2ccccc2)C1=O)NCCc1ccc(Cl)cc1Cl. The summed E-state index contributed by atoms with van der Waals surface area (Å²) >= 11 is 12.0. The van der Waals surface area contributed by atoms with Crippen molar-refractivity contribution in [3.8, 4) is 0 Å². The van der Waals surface area contributed by atoms with E-state index >= 15 is 0 Å². The summed E-state index contributed by atoms with van der Waals surface area (Å²) in [7, 11) is 0. The van der Waals surface area contributed by atoms with E-state index in [0.29, 0.717) is 29.4 Å². The lowest BCUT2D eigenvalue weighted by Crippen LogP contribution is -2.41. The molecule has 2 aromatic carbocycles. The fraction of sp³-hybridized carbons (Fsp3) is 0.250. The first-order valence-electron chi connectivity index (χ1n) is 8.80. The predicted molar refractivity (Wildman–Crippen MR) is 107 cm³/mol. The topological polar surface area (TPSA) is 78.5 Å². The van der Waals surface area contributed by atoms with Crippen LogP contribution in [0.2, 0.25) is 10.0 Å². The van der Waals surface area contributed by atoms with Gasteiger partial charge in [-0.1, -0.05) is 59.6 Å². The number of carbonyl (C=O) groups is 3. The fourth-order valence-electron chi connectivity index (χ4n) is 2.98. The number of imide groups is 1. The van der Waals surface area contributed by atoms with E-state index < -0.39 is 23.9 Å². The first kappa shape index (κ1) is 20.2. The molecule has 1 fully saturated rings. The first-order chi connectivity index (χ1) is 13.4. The summed E-state index contributed by atoms with van der Waals surface area (Å²) in [6, 6.07) is 13.3. The van der Waals surface area contributed by atoms with Gasteiger partial charge in [-0.25, -0.2) is 4.79 Å². The molecule has 6 nitrogen and oxygen atoms in total.